The predicted octanol–water partition coefficient (Wildman–Crippen LogP) is 4.11. The van der Waals surface area contributed by atoms with E-state index in [-0.39, 0.29) is 26.3 Å². The highest BCUT2D eigenvalue weighted by atomic mass is 32.2. The Morgan fingerprint density at radius 3 is 1.70 bits per heavy atom. The zero-order chi connectivity index (χ0) is 28.1. The fraction of sp³-hybridized carbons (Fsp3) is 0.500. The van der Waals surface area contributed by atoms with E-state index in [0.717, 1.165) is 23.4 Å². The van der Waals surface area contributed by atoms with Gasteiger partial charge in [-0.15, -0.1) is 0 Å². The summed E-state index contributed by atoms with van der Waals surface area (Å²) in [5.74, 6) is -1.86. The number of nitrogens with one attached hydrogen (secondary N) is 3. The molecule has 0 aromatic heterocycles. The third-order valence-corrected chi connectivity index (χ3v) is 9.38. The summed E-state index contributed by atoms with van der Waals surface area (Å²) in [7, 11) is -4.22. The molecule has 2 fully saturated rings. The molecule has 226 valence electrons. The summed E-state index contributed by atoms with van der Waals surface area (Å²) in [5.41, 5.74) is 1.65. The summed E-state index contributed by atoms with van der Waals surface area (Å²) >= 11 is 0. The van der Waals surface area contributed by atoms with E-state index in [4.69, 9.17) is 0 Å². The van der Waals surface area contributed by atoms with Gasteiger partial charge in [0.05, 0.1) is 15.8 Å². The van der Waals surface area contributed by atoms with Gasteiger partial charge < -0.3 is 10.2 Å². The first kappa shape index (κ1) is 35.5. The fourth-order valence-electron chi connectivity index (χ4n) is 4.47. The van der Waals surface area contributed by atoms with Gasteiger partial charge in [0.2, 0.25) is 20.0 Å². The van der Waals surface area contributed by atoms with Crippen molar-refractivity contribution >= 4 is 26.0 Å². The van der Waals surface area contributed by atoms with Crippen LogP contribution in [0.15, 0.2) is 58.3 Å². The average molecular weight is 609 g/mol. The topological polar surface area (TPSA) is 125 Å². The smallest absolute Gasteiger partial charge is 0.328 e. The lowest BCUT2D eigenvalue weighted by Gasteiger charge is -2.26. The average Bonchev–Trinajstić information content (AvgIpc) is 3.61. The van der Waals surface area contributed by atoms with Gasteiger partial charge in [-0.2, -0.15) is 13.2 Å². The van der Waals surface area contributed by atoms with E-state index >= 15 is 0 Å². The van der Waals surface area contributed by atoms with E-state index in [9.17, 15) is 34.8 Å². The molecule has 2 atom stereocenters. The Balaban J connectivity index is 0.000000397. The predicted molar refractivity (Wildman–Crippen MR) is 149 cm³/mol. The summed E-state index contributed by atoms with van der Waals surface area (Å²) < 4.78 is 88.4. The third kappa shape index (κ3) is 8.49. The number of sulfonamides is 2. The molecule has 2 heterocycles. The number of halogens is 3. The van der Waals surface area contributed by atoms with Crippen LogP contribution < -0.4 is 14.8 Å². The molecule has 4 rings (SSSR count). The number of hydrogen-bond donors (Lipinski definition) is 3. The van der Waals surface area contributed by atoms with Gasteiger partial charge in [-0.1, -0.05) is 39.1 Å². The molecule has 0 spiro atoms. The molecule has 2 aromatic carbocycles. The van der Waals surface area contributed by atoms with E-state index in [1.807, 2.05) is 12.1 Å². The summed E-state index contributed by atoms with van der Waals surface area (Å²) in [6.07, 6.45) is -1.71. The lowest BCUT2D eigenvalue weighted by molar-refractivity contribution is -0.186. The van der Waals surface area contributed by atoms with Gasteiger partial charge in [0, 0.05) is 12.6 Å². The molecule has 1 amide bonds. The number of amides is 1. The number of rotatable bonds is 6. The Hall–Kier alpha value is -2.52. The van der Waals surface area contributed by atoms with Gasteiger partial charge in [0.15, 0.2) is 0 Å². The molecule has 0 aliphatic carbocycles. The standard InChI is InChI=1S/C13H15F3N2O3S.C11H16N2O2S.2CH4/c1-17-22(20,21)10-6-4-9(5-7-10)11-3-2-8-18(11)12(19)13(14,15)16;1-12-16(14,15)10-6-4-9(5-7-10)11-3-2-8-13-11;;/h4-7,11,17H,2-3,8H2,1H3;4-7,11-13H,2-3,8H2,1H3;2*1H4. The minimum Gasteiger partial charge on any atom is -0.328 e. The van der Waals surface area contributed by atoms with Gasteiger partial charge in [-0.3, -0.25) is 4.79 Å². The molecule has 0 saturated carbocycles. The number of alkyl halides is 3. The van der Waals surface area contributed by atoms with Crippen LogP contribution in [0, 0.1) is 0 Å². The van der Waals surface area contributed by atoms with Crippen molar-refractivity contribution in [2.45, 2.75) is 68.6 Å². The van der Waals surface area contributed by atoms with E-state index < -0.39 is 38.2 Å². The van der Waals surface area contributed by atoms with E-state index in [1.165, 1.54) is 44.8 Å². The first-order valence-corrected chi connectivity index (χ1v) is 14.9. The van der Waals surface area contributed by atoms with Crippen molar-refractivity contribution in [2.75, 3.05) is 27.2 Å². The summed E-state index contributed by atoms with van der Waals surface area (Å²) in [4.78, 5) is 12.5. The van der Waals surface area contributed by atoms with Crippen molar-refractivity contribution < 1.29 is 34.8 Å². The number of nitrogens with zero attached hydrogens (tertiary/aromatic N) is 1. The highest BCUT2D eigenvalue weighted by Crippen LogP contribution is 2.35. The zero-order valence-electron chi connectivity index (χ0n) is 21.0. The number of carbonyl (C=O) groups is 1. The Morgan fingerprint density at radius 1 is 0.825 bits per heavy atom. The highest BCUT2D eigenvalue weighted by molar-refractivity contribution is 7.89. The highest BCUT2D eigenvalue weighted by Gasteiger charge is 2.46. The third-order valence-electron chi connectivity index (χ3n) is 6.52. The molecule has 3 N–H and O–H groups in total. The summed E-state index contributed by atoms with van der Waals surface area (Å²) in [6.45, 7) is 1.08. The fourth-order valence-corrected chi connectivity index (χ4v) is 5.93. The van der Waals surface area contributed by atoms with Crippen molar-refractivity contribution in [3.8, 4) is 0 Å². The molecule has 0 radical (unpaired) electrons. The van der Waals surface area contributed by atoms with Crippen LogP contribution in [0.5, 0.6) is 0 Å². The van der Waals surface area contributed by atoms with Gasteiger partial charge >= 0.3 is 12.1 Å². The second kappa shape index (κ2) is 14.4. The van der Waals surface area contributed by atoms with E-state index in [0.29, 0.717) is 29.3 Å². The minimum atomic E-state index is -4.90. The molecule has 2 aromatic rings. The molecule has 2 unspecified atom stereocenters. The Bertz CT molecular complexity index is 1310. The Kier molecular flexibility index (Phi) is 12.8. The van der Waals surface area contributed by atoms with Crippen LogP contribution in [-0.2, 0) is 24.8 Å². The van der Waals surface area contributed by atoms with Gasteiger partial charge in [-0.05, 0) is 81.7 Å². The second-order valence-electron chi connectivity index (χ2n) is 8.86. The molecular formula is C26H39F3N4O5S2. The maximum absolute atomic E-state index is 12.6. The van der Waals surface area contributed by atoms with Crippen LogP contribution in [0.3, 0.4) is 0 Å². The molecule has 40 heavy (non-hydrogen) atoms. The van der Waals surface area contributed by atoms with Gasteiger partial charge in [0.1, 0.15) is 0 Å². The van der Waals surface area contributed by atoms with Crippen molar-refractivity contribution in [1.29, 1.82) is 0 Å². The molecule has 2 aliphatic rings. The molecular weight excluding hydrogens is 569 g/mol. The molecule has 9 nitrogen and oxygen atoms in total. The number of carbonyl (C=O) groups excluding carboxylic acids is 1. The maximum Gasteiger partial charge on any atom is 0.471 e. The Morgan fingerprint density at radius 2 is 1.30 bits per heavy atom. The largest absolute Gasteiger partial charge is 0.471 e. The maximum atomic E-state index is 12.6. The van der Waals surface area contributed by atoms with E-state index in [1.54, 1.807) is 12.1 Å². The lowest BCUT2D eigenvalue weighted by Crippen LogP contribution is -2.40. The Labute approximate surface area is 235 Å². The van der Waals surface area contributed by atoms with Crippen LogP contribution in [0.2, 0.25) is 0 Å². The lowest BCUT2D eigenvalue weighted by atomic mass is 10.0. The van der Waals surface area contributed by atoms with E-state index in [2.05, 4.69) is 14.8 Å². The molecule has 2 saturated heterocycles. The summed E-state index contributed by atoms with van der Waals surface area (Å²) in [6, 6.07) is 12.3. The number of likely N-dealkylation sites (tertiary alicyclic amines) is 1. The summed E-state index contributed by atoms with van der Waals surface area (Å²) in [5, 5.41) is 3.38. The van der Waals surface area contributed by atoms with Crippen molar-refractivity contribution in [2.24, 2.45) is 0 Å². The monoisotopic (exact) mass is 608 g/mol. The first-order valence-electron chi connectivity index (χ1n) is 12.0. The van der Waals surface area contributed by atoms with Crippen LogP contribution in [0.25, 0.3) is 0 Å². The van der Waals surface area contributed by atoms with Crippen LogP contribution in [-0.4, -0.2) is 61.0 Å². The van der Waals surface area contributed by atoms with Crippen molar-refractivity contribution in [3.05, 3.63) is 59.7 Å². The first-order chi connectivity index (χ1) is 17.8. The van der Waals surface area contributed by atoms with Crippen molar-refractivity contribution in [3.63, 3.8) is 0 Å². The number of hydrogen-bond acceptors (Lipinski definition) is 6. The molecule has 14 heteroatoms. The van der Waals surface area contributed by atoms with Crippen molar-refractivity contribution in [1.82, 2.24) is 19.7 Å². The SMILES string of the molecule is C.C.CNS(=O)(=O)c1ccc(C2CCCN2)cc1.CNS(=O)(=O)c1ccc(C2CCCN2C(=O)C(F)(F)F)cc1. The van der Waals surface area contributed by atoms with Crippen LogP contribution >= 0.6 is 0 Å². The number of benzene rings is 2. The molecule has 0 bridgehead atoms. The van der Waals surface area contributed by atoms with Crippen LogP contribution in [0.1, 0.15) is 63.7 Å². The zero-order valence-corrected chi connectivity index (χ0v) is 22.6. The minimum absolute atomic E-state index is 0. The van der Waals surface area contributed by atoms with Gasteiger partial charge in [0.25, 0.3) is 0 Å². The normalized spacial score (nSPS) is 19.2. The molecule has 2 aliphatic heterocycles. The quantitative estimate of drug-likeness (QED) is 0.454. The van der Waals surface area contributed by atoms with Gasteiger partial charge in [-0.25, -0.2) is 26.3 Å². The van der Waals surface area contributed by atoms with Crippen LogP contribution in [0.4, 0.5) is 13.2 Å². The second-order valence-corrected chi connectivity index (χ2v) is 12.6.